The molecule has 0 amide bonds. The van der Waals surface area contributed by atoms with Crippen LogP contribution >= 0.6 is 22.7 Å². The second-order valence-corrected chi connectivity index (χ2v) is 13.5. The Morgan fingerprint density at radius 1 is 0.467 bits per heavy atom. The van der Waals surface area contributed by atoms with Gasteiger partial charge in [-0.2, -0.15) is 0 Å². The summed E-state index contributed by atoms with van der Waals surface area (Å²) in [5.41, 5.74) is 7.56. The highest BCUT2D eigenvalue weighted by Crippen LogP contribution is 2.44. The summed E-state index contributed by atoms with van der Waals surface area (Å²) in [6.07, 6.45) is 0. The van der Waals surface area contributed by atoms with Crippen molar-refractivity contribution in [3.05, 3.63) is 140 Å². The van der Waals surface area contributed by atoms with Gasteiger partial charge < -0.3 is 4.57 Å². The number of para-hydroxylation sites is 2. The highest BCUT2D eigenvalue weighted by molar-refractivity contribution is 7.26. The summed E-state index contributed by atoms with van der Waals surface area (Å²) >= 11 is 3.64. The van der Waals surface area contributed by atoms with Gasteiger partial charge in [-0.25, -0.2) is 9.97 Å². The van der Waals surface area contributed by atoms with Gasteiger partial charge in [-0.15, -0.1) is 22.7 Å². The average Bonchev–Trinajstić information content (AvgIpc) is 3.76. The van der Waals surface area contributed by atoms with Crippen LogP contribution in [-0.4, -0.2) is 14.5 Å². The van der Waals surface area contributed by atoms with E-state index >= 15 is 0 Å². The fraction of sp³-hybridized carbons (Fsp3) is 0. The van der Waals surface area contributed by atoms with Crippen LogP contribution in [0.25, 0.3) is 90.6 Å². The van der Waals surface area contributed by atoms with Crippen molar-refractivity contribution in [1.82, 2.24) is 14.5 Å². The van der Waals surface area contributed by atoms with Gasteiger partial charge >= 0.3 is 0 Å². The minimum absolute atomic E-state index is 0.741. The lowest BCUT2D eigenvalue weighted by atomic mass is 10.1. The monoisotopic (exact) mass is 609 g/mol. The van der Waals surface area contributed by atoms with Crippen LogP contribution in [0, 0.1) is 0 Å². The molecule has 0 aliphatic carbocycles. The number of aromatic nitrogens is 3. The molecule has 45 heavy (non-hydrogen) atoms. The zero-order chi connectivity index (χ0) is 29.5. The molecule has 0 spiro atoms. The zero-order valence-corrected chi connectivity index (χ0v) is 25.6. The van der Waals surface area contributed by atoms with Gasteiger partial charge in [0.25, 0.3) is 0 Å². The normalized spacial score (nSPS) is 12.0. The van der Waals surface area contributed by atoms with Crippen molar-refractivity contribution in [2.24, 2.45) is 0 Å². The van der Waals surface area contributed by atoms with Crippen LogP contribution in [0.4, 0.5) is 0 Å². The number of hydrogen-bond acceptors (Lipinski definition) is 4. The highest BCUT2D eigenvalue weighted by atomic mass is 32.1. The van der Waals surface area contributed by atoms with E-state index in [0.717, 1.165) is 38.5 Å². The van der Waals surface area contributed by atoms with E-state index in [9.17, 15) is 0 Å². The van der Waals surface area contributed by atoms with Crippen LogP contribution < -0.4 is 0 Å². The van der Waals surface area contributed by atoms with E-state index in [2.05, 4.69) is 138 Å². The van der Waals surface area contributed by atoms with Gasteiger partial charge in [0, 0.05) is 52.2 Å². The Labute approximate surface area is 266 Å². The van der Waals surface area contributed by atoms with E-state index in [4.69, 9.17) is 9.97 Å². The Hall–Kier alpha value is -5.36. The molecule has 0 aliphatic rings. The molecule has 0 atom stereocenters. The lowest BCUT2D eigenvalue weighted by Crippen LogP contribution is -2.00. The molecular formula is C40H23N3S2. The Kier molecular flexibility index (Phi) is 5.32. The Bertz CT molecular complexity index is 2770. The fourth-order valence-corrected chi connectivity index (χ4v) is 9.08. The largest absolute Gasteiger partial charge is 0.309 e. The molecule has 0 radical (unpaired) electrons. The maximum atomic E-state index is 5.34. The topological polar surface area (TPSA) is 30.7 Å². The Morgan fingerprint density at radius 2 is 1.16 bits per heavy atom. The number of rotatable bonds is 3. The summed E-state index contributed by atoms with van der Waals surface area (Å²) in [6.45, 7) is 0. The minimum atomic E-state index is 0.741. The zero-order valence-electron chi connectivity index (χ0n) is 23.9. The summed E-state index contributed by atoms with van der Waals surface area (Å²) in [5, 5.41) is 6.28. The quantitative estimate of drug-likeness (QED) is 0.199. The molecule has 0 fully saturated rings. The number of hydrogen-bond donors (Lipinski definition) is 0. The maximum Gasteiger partial charge on any atom is 0.160 e. The molecule has 5 heteroatoms. The first-order valence-electron chi connectivity index (χ1n) is 15.0. The van der Waals surface area contributed by atoms with Crippen LogP contribution in [0.2, 0.25) is 0 Å². The van der Waals surface area contributed by atoms with Crippen molar-refractivity contribution in [1.29, 1.82) is 0 Å². The second kappa shape index (κ2) is 9.57. The van der Waals surface area contributed by atoms with Gasteiger partial charge in [0.2, 0.25) is 0 Å². The first-order valence-corrected chi connectivity index (χ1v) is 16.6. The molecule has 10 aromatic rings. The van der Waals surface area contributed by atoms with E-state index in [1.807, 2.05) is 17.4 Å². The molecule has 210 valence electrons. The SMILES string of the molecule is c1ccc(-c2nc(-c3ccccc3-n3c4ccccc4c4cc5sc6ccccc6c5cc43)c3sc4ccccc4c3n2)cc1. The van der Waals surface area contributed by atoms with Crippen molar-refractivity contribution in [3.8, 4) is 28.3 Å². The molecule has 0 bridgehead atoms. The molecule has 3 nitrogen and oxygen atoms in total. The summed E-state index contributed by atoms with van der Waals surface area (Å²) in [4.78, 5) is 10.5. The van der Waals surface area contributed by atoms with Gasteiger partial charge in [0.1, 0.15) is 0 Å². The van der Waals surface area contributed by atoms with Crippen LogP contribution in [-0.2, 0) is 0 Å². The predicted octanol–water partition coefficient (Wildman–Crippen LogP) is 11.6. The number of fused-ring (bicyclic) bond motifs is 9. The lowest BCUT2D eigenvalue weighted by molar-refractivity contribution is 1.17. The van der Waals surface area contributed by atoms with Gasteiger partial charge in [-0.1, -0.05) is 103 Å². The Morgan fingerprint density at radius 3 is 2.02 bits per heavy atom. The maximum absolute atomic E-state index is 5.34. The average molecular weight is 610 g/mol. The van der Waals surface area contributed by atoms with E-state index in [1.54, 1.807) is 11.3 Å². The fourth-order valence-electron chi connectivity index (χ4n) is 6.81. The molecule has 6 aromatic carbocycles. The molecule has 4 heterocycles. The molecule has 0 saturated carbocycles. The van der Waals surface area contributed by atoms with Crippen LogP contribution in [0.3, 0.4) is 0 Å². The third kappa shape index (κ3) is 3.69. The van der Waals surface area contributed by atoms with Gasteiger partial charge in [-0.05, 0) is 36.4 Å². The number of thiophene rings is 2. The van der Waals surface area contributed by atoms with Crippen molar-refractivity contribution in [3.63, 3.8) is 0 Å². The minimum Gasteiger partial charge on any atom is -0.309 e. The molecule has 4 aromatic heterocycles. The first kappa shape index (κ1) is 25.0. The molecule has 0 aliphatic heterocycles. The van der Waals surface area contributed by atoms with E-state index in [0.29, 0.717) is 0 Å². The van der Waals surface area contributed by atoms with Crippen LogP contribution in [0.5, 0.6) is 0 Å². The van der Waals surface area contributed by atoms with Gasteiger partial charge in [-0.3, -0.25) is 0 Å². The number of nitrogens with zero attached hydrogens (tertiary/aromatic N) is 3. The predicted molar refractivity (Wildman–Crippen MR) is 193 cm³/mol. The third-order valence-corrected chi connectivity index (χ3v) is 11.1. The molecule has 0 N–H and O–H groups in total. The molecule has 0 saturated heterocycles. The summed E-state index contributed by atoms with van der Waals surface area (Å²) in [7, 11) is 0. The second-order valence-electron chi connectivity index (χ2n) is 11.4. The van der Waals surface area contributed by atoms with Crippen LogP contribution in [0.1, 0.15) is 0 Å². The molecule has 10 rings (SSSR count). The van der Waals surface area contributed by atoms with E-state index in [1.165, 1.54) is 52.1 Å². The van der Waals surface area contributed by atoms with E-state index in [-0.39, 0.29) is 0 Å². The first-order chi connectivity index (χ1) is 22.3. The third-order valence-electron chi connectivity index (χ3n) is 8.82. The van der Waals surface area contributed by atoms with Gasteiger partial charge in [0.05, 0.1) is 32.6 Å². The highest BCUT2D eigenvalue weighted by Gasteiger charge is 2.22. The number of benzene rings is 6. The van der Waals surface area contributed by atoms with Crippen molar-refractivity contribution < 1.29 is 0 Å². The molecular weight excluding hydrogens is 587 g/mol. The van der Waals surface area contributed by atoms with E-state index < -0.39 is 0 Å². The van der Waals surface area contributed by atoms with Crippen LogP contribution in [0.15, 0.2) is 140 Å². The summed E-state index contributed by atoms with van der Waals surface area (Å²) in [5.74, 6) is 0.741. The Balaban J connectivity index is 1.33. The molecule has 0 unspecified atom stereocenters. The van der Waals surface area contributed by atoms with Gasteiger partial charge in [0.15, 0.2) is 5.82 Å². The summed E-state index contributed by atoms with van der Waals surface area (Å²) < 4.78 is 7.40. The standard InChI is InChI=1S/C40H23N3S2/c1-2-12-24(13-3-1)40-41-37(39-38(42-40)28-17-7-11-21-35(28)45-39)27-16-5-9-19-32(27)43-31-18-8-4-14-25(31)29-23-36-30(22-33(29)43)26-15-6-10-20-34(26)44-36/h1-23H. The van der Waals surface area contributed by atoms with Crippen molar-refractivity contribution >= 4 is 85.0 Å². The summed E-state index contributed by atoms with van der Waals surface area (Å²) in [6, 6.07) is 49.9. The lowest BCUT2D eigenvalue weighted by Gasteiger charge is -2.15. The van der Waals surface area contributed by atoms with Crippen molar-refractivity contribution in [2.75, 3.05) is 0 Å². The van der Waals surface area contributed by atoms with Crippen molar-refractivity contribution in [2.45, 2.75) is 0 Å². The smallest absolute Gasteiger partial charge is 0.160 e.